The lowest BCUT2D eigenvalue weighted by atomic mass is 10.1. The molecule has 0 aliphatic heterocycles. The average molecular weight is 438 g/mol. The Balaban J connectivity index is 2.09. The molecule has 0 radical (unpaired) electrons. The highest BCUT2D eigenvalue weighted by Gasteiger charge is 2.29. The van der Waals surface area contributed by atoms with Crippen molar-refractivity contribution in [2.45, 2.75) is 13.8 Å². The number of phenols is 4. The zero-order valence-electron chi connectivity index (χ0n) is 16.5. The van der Waals surface area contributed by atoms with Crippen LogP contribution < -0.4 is 9.47 Å². The molecule has 0 unspecified atom stereocenters. The Morgan fingerprint density at radius 2 is 1.00 bits per heavy atom. The molecule has 5 aromatic rings. The number of ether oxygens (including phenoxy) is 2. The van der Waals surface area contributed by atoms with Crippen molar-refractivity contribution in [1.82, 2.24) is 0 Å². The standard InChI is InChI=1S/C22H14O10/c1-7(23)29-19-17-9-3-11(25)13(27)5-15(9)31-21(17)22-18(20(19)30-8(2)24)10-4-12(26)14(28)6-16(10)32-22/h3-6,25-28H,1-2H3. The first kappa shape index (κ1) is 19.4. The number of esters is 2. The third-order valence-electron chi connectivity index (χ3n) is 4.93. The third-order valence-corrected chi connectivity index (χ3v) is 4.93. The van der Waals surface area contributed by atoms with E-state index in [1.54, 1.807) is 0 Å². The fourth-order valence-electron chi connectivity index (χ4n) is 3.72. The minimum absolute atomic E-state index is 0.0577. The highest BCUT2D eigenvalue weighted by Crippen LogP contribution is 2.52. The lowest BCUT2D eigenvalue weighted by Gasteiger charge is -2.11. The lowest BCUT2D eigenvalue weighted by molar-refractivity contribution is -0.134. The van der Waals surface area contributed by atoms with Crippen LogP contribution in [0.5, 0.6) is 34.5 Å². The van der Waals surface area contributed by atoms with E-state index in [-0.39, 0.29) is 55.4 Å². The first-order chi connectivity index (χ1) is 15.2. The molecule has 162 valence electrons. The Morgan fingerprint density at radius 1 is 0.656 bits per heavy atom. The molecule has 0 bridgehead atoms. The number of phenolic OH excluding ortho intramolecular Hbond substituents is 4. The number of aromatic hydroxyl groups is 4. The van der Waals surface area contributed by atoms with E-state index >= 15 is 0 Å². The molecule has 10 heteroatoms. The summed E-state index contributed by atoms with van der Waals surface area (Å²) < 4.78 is 22.5. The number of fused-ring (bicyclic) bond motifs is 7. The minimum atomic E-state index is -0.732. The number of rotatable bonds is 2. The van der Waals surface area contributed by atoms with Crippen LogP contribution in [0.1, 0.15) is 13.8 Å². The molecule has 3 aromatic carbocycles. The minimum Gasteiger partial charge on any atom is -0.504 e. The molecule has 5 rings (SSSR count). The van der Waals surface area contributed by atoms with Crippen molar-refractivity contribution in [1.29, 1.82) is 0 Å². The van der Waals surface area contributed by atoms with E-state index in [0.717, 1.165) is 13.8 Å². The van der Waals surface area contributed by atoms with E-state index in [4.69, 9.17) is 18.3 Å². The predicted octanol–water partition coefficient (Wildman–Crippen LogP) is 4.16. The Labute approximate surface area is 177 Å². The van der Waals surface area contributed by atoms with Gasteiger partial charge in [-0.15, -0.1) is 0 Å². The van der Waals surface area contributed by atoms with Gasteiger partial charge >= 0.3 is 11.9 Å². The number of hydrogen-bond acceptors (Lipinski definition) is 10. The maximum absolute atomic E-state index is 11.9. The number of carbonyl (C=O) groups excluding carboxylic acids is 2. The van der Waals surface area contributed by atoms with Gasteiger partial charge in [0.2, 0.25) is 0 Å². The molecule has 0 aliphatic carbocycles. The van der Waals surface area contributed by atoms with Gasteiger partial charge in [0.25, 0.3) is 0 Å². The van der Waals surface area contributed by atoms with Gasteiger partial charge in [0.05, 0.1) is 10.8 Å². The summed E-state index contributed by atoms with van der Waals surface area (Å²) >= 11 is 0. The van der Waals surface area contributed by atoms with Crippen LogP contribution in [0, 0.1) is 0 Å². The van der Waals surface area contributed by atoms with Crippen molar-refractivity contribution in [2.24, 2.45) is 0 Å². The van der Waals surface area contributed by atoms with Gasteiger partial charge in [-0.3, -0.25) is 9.59 Å². The Kier molecular flexibility index (Phi) is 3.90. The number of hydrogen-bond donors (Lipinski definition) is 4. The van der Waals surface area contributed by atoms with Crippen molar-refractivity contribution < 1.29 is 48.3 Å². The van der Waals surface area contributed by atoms with Gasteiger partial charge in [-0.2, -0.15) is 0 Å². The molecule has 0 fully saturated rings. The molecule has 32 heavy (non-hydrogen) atoms. The van der Waals surface area contributed by atoms with Crippen molar-refractivity contribution in [2.75, 3.05) is 0 Å². The van der Waals surface area contributed by atoms with Crippen LogP contribution in [-0.4, -0.2) is 32.4 Å². The normalized spacial score (nSPS) is 11.6. The molecule has 0 saturated carbocycles. The van der Waals surface area contributed by atoms with Crippen molar-refractivity contribution in [3.05, 3.63) is 24.3 Å². The summed E-state index contributed by atoms with van der Waals surface area (Å²) in [7, 11) is 0. The summed E-state index contributed by atoms with van der Waals surface area (Å²) in [6.07, 6.45) is 0. The highest BCUT2D eigenvalue weighted by molar-refractivity contribution is 6.25. The van der Waals surface area contributed by atoms with Gasteiger partial charge in [0.1, 0.15) is 11.2 Å². The van der Waals surface area contributed by atoms with Gasteiger partial charge in [0, 0.05) is 36.8 Å². The van der Waals surface area contributed by atoms with E-state index in [9.17, 15) is 30.0 Å². The first-order valence-electron chi connectivity index (χ1n) is 9.25. The second kappa shape index (κ2) is 6.45. The van der Waals surface area contributed by atoms with Gasteiger partial charge in [0.15, 0.2) is 45.7 Å². The van der Waals surface area contributed by atoms with E-state index in [1.807, 2.05) is 0 Å². The molecular formula is C22H14O10. The van der Waals surface area contributed by atoms with Crippen LogP contribution in [0.25, 0.3) is 43.9 Å². The topological polar surface area (TPSA) is 160 Å². The first-order valence-corrected chi connectivity index (χ1v) is 9.25. The van der Waals surface area contributed by atoms with Crippen LogP contribution in [0.15, 0.2) is 33.1 Å². The maximum Gasteiger partial charge on any atom is 0.308 e. The molecule has 2 aromatic heterocycles. The second-order valence-electron chi connectivity index (χ2n) is 7.13. The summed E-state index contributed by atoms with van der Waals surface area (Å²) in [6.45, 7) is 2.30. The van der Waals surface area contributed by atoms with E-state index < -0.39 is 34.9 Å². The molecule has 4 N–H and O–H groups in total. The average Bonchev–Trinajstić information content (AvgIpc) is 3.23. The van der Waals surface area contributed by atoms with Gasteiger partial charge in [-0.25, -0.2) is 0 Å². The van der Waals surface area contributed by atoms with Crippen LogP contribution in [0.3, 0.4) is 0 Å². The fraction of sp³-hybridized carbons (Fsp3) is 0.0909. The molecular weight excluding hydrogens is 424 g/mol. The predicted molar refractivity (Wildman–Crippen MR) is 110 cm³/mol. The monoisotopic (exact) mass is 438 g/mol. The molecule has 2 heterocycles. The van der Waals surface area contributed by atoms with Crippen molar-refractivity contribution >= 4 is 55.8 Å². The van der Waals surface area contributed by atoms with Crippen LogP contribution in [0.2, 0.25) is 0 Å². The Morgan fingerprint density at radius 3 is 1.34 bits per heavy atom. The van der Waals surface area contributed by atoms with Crippen LogP contribution >= 0.6 is 0 Å². The molecule has 10 nitrogen and oxygen atoms in total. The van der Waals surface area contributed by atoms with Crippen molar-refractivity contribution in [3.8, 4) is 34.5 Å². The number of furan rings is 2. The van der Waals surface area contributed by atoms with Crippen LogP contribution in [0.4, 0.5) is 0 Å². The number of carbonyl (C=O) groups is 2. The fourth-order valence-corrected chi connectivity index (χ4v) is 3.72. The van der Waals surface area contributed by atoms with E-state index in [0.29, 0.717) is 0 Å². The Bertz CT molecular complexity index is 1500. The van der Waals surface area contributed by atoms with E-state index in [1.165, 1.54) is 24.3 Å². The summed E-state index contributed by atoms with van der Waals surface area (Å²) in [5.74, 6) is -3.63. The lowest BCUT2D eigenvalue weighted by Crippen LogP contribution is -2.08. The zero-order valence-corrected chi connectivity index (χ0v) is 16.5. The zero-order chi connectivity index (χ0) is 22.9. The smallest absolute Gasteiger partial charge is 0.308 e. The second-order valence-corrected chi connectivity index (χ2v) is 7.13. The van der Waals surface area contributed by atoms with Gasteiger partial charge in [-0.05, 0) is 12.1 Å². The van der Waals surface area contributed by atoms with Gasteiger partial charge < -0.3 is 38.7 Å². The van der Waals surface area contributed by atoms with Crippen molar-refractivity contribution in [3.63, 3.8) is 0 Å². The highest BCUT2D eigenvalue weighted by atomic mass is 16.6. The van der Waals surface area contributed by atoms with Crippen LogP contribution in [-0.2, 0) is 9.59 Å². The summed E-state index contributed by atoms with van der Waals surface area (Å²) in [4.78, 5) is 23.9. The molecule has 0 amide bonds. The molecule has 0 saturated heterocycles. The molecule has 0 spiro atoms. The molecule has 0 atom stereocenters. The van der Waals surface area contributed by atoms with Gasteiger partial charge in [-0.1, -0.05) is 0 Å². The van der Waals surface area contributed by atoms with E-state index in [2.05, 4.69) is 0 Å². The summed E-state index contributed by atoms with van der Waals surface area (Å²) in [6, 6.07) is 4.74. The quantitative estimate of drug-likeness (QED) is 0.179. The summed E-state index contributed by atoms with van der Waals surface area (Å²) in [5.41, 5.74) is 0.358. The Hall–Kier alpha value is -4.60. The number of benzene rings is 3. The maximum atomic E-state index is 11.9. The summed E-state index contributed by atoms with van der Waals surface area (Å²) in [5, 5.41) is 40.5. The molecule has 0 aliphatic rings. The SMILES string of the molecule is CC(=O)Oc1c(OC(C)=O)c2c3cc(O)c(O)cc3oc2c2oc3cc(O)c(O)cc3c12. The largest absolute Gasteiger partial charge is 0.504 e. The third kappa shape index (κ3) is 2.66.